The van der Waals surface area contributed by atoms with E-state index in [4.69, 9.17) is 11.6 Å². The number of nitro groups is 1. The number of non-ortho nitro benzene ring substituents is 1. The summed E-state index contributed by atoms with van der Waals surface area (Å²) < 4.78 is 28.3. The van der Waals surface area contributed by atoms with Gasteiger partial charge in [0.1, 0.15) is 0 Å². The van der Waals surface area contributed by atoms with Gasteiger partial charge in [-0.1, -0.05) is 11.6 Å². The van der Waals surface area contributed by atoms with Gasteiger partial charge in [-0.25, -0.2) is 13.1 Å². The lowest BCUT2D eigenvalue weighted by Crippen LogP contribution is -2.27. The molecule has 23 heavy (non-hydrogen) atoms. The summed E-state index contributed by atoms with van der Waals surface area (Å²) in [6, 6.07) is 5.38. The Balaban J connectivity index is 2.41. The van der Waals surface area contributed by atoms with Crippen molar-refractivity contribution in [2.75, 3.05) is 0 Å². The van der Waals surface area contributed by atoms with Gasteiger partial charge in [-0.3, -0.25) is 10.1 Å². The van der Waals surface area contributed by atoms with Crippen molar-refractivity contribution in [1.82, 2.24) is 4.72 Å². The Hall–Kier alpha value is -1.48. The van der Waals surface area contributed by atoms with Crippen LogP contribution in [0.3, 0.4) is 0 Å². The number of thiophene rings is 1. The molecule has 0 amide bonds. The summed E-state index contributed by atoms with van der Waals surface area (Å²) in [6.07, 6.45) is 0. The van der Waals surface area contributed by atoms with Gasteiger partial charge in [-0.05, 0) is 44.0 Å². The molecule has 1 unspecified atom stereocenters. The van der Waals surface area contributed by atoms with Crippen molar-refractivity contribution in [3.63, 3.8) is 0 Å². The minimum Gasteiger partial charge on any atom is -0.258 e. The van der Waals surface area contributed by atoms with Crippen LogP contribution in [0.25, 0.3) is 0 Å². The number of rotatable bonds is 5. The molecule has 2 rings (SSSR count). The zero-order chi connectivity index (χ0) is 17.4. The quantitative estimate of drug-likeness (QED) is 0.633. The molecule has 9 heteroatoms. The fourth-order valence-corrected chi connectivity index (χ4v) is 4.81. The highest BCUT2D eigenvalue weighted by Gasteiger charge is 2.25. The van der Waals surface area contributed by atoms with E-state index >= 15 is 0 Å². The molecule has 0 aliphatic carbocycles. The zero-order valence-corrected chi connectivity index (χ0v) is 15.1. The smallest absolute Gasteiger partial charge is 0.258 e. The number of hydrogen-bond donors (Lipinski definition) is 1. The number of nitro benzene ring substituents is 1. The summed E-state index contributed by atoms with van der Waals surface area (Å²) in [7, 11) is -3.90. The fourth-order valence-electron chi connectivity index (χ4n) is 2.11. The lowest BCUT2D eigenvalue weighted by molar-refractivity contribution is -0.385. The van der Waals surface area contributed by atoms with E-state index in [0.29, 0.717) is 15.5 Å². The van der Waals surface area contributed by atoms with E-state index in [1.807, 2.05) is 0 Å². The zero-order valence-electron chi connectivity index (χ0n) is 12.7. The van der Waals surface area contributed by atoms with E-state index in [2.05, 4.69) is 4.72 Å². The molecule has 2 aromatic rings. The van der Waals surface area contributed by atoms with E-state index < -0.39 is 21.0 Å². The Morgan fingerprint density at radius 3 is 2.48 bits per heavy atom. The largest absolute Gasteiger partial charge is 0.271 e. The molecule has 0 radical (unpaired) electrons. The molecular formula is C14H15ClN2O4S2. The number of aryl methyl sites for hydroxylation is 1. The summed E-state index contributed by atoms with van der Waals surface area (Å²) >= 11 is 7.14. The summed E-state index contributed by atoms with van der Waals surface area (Å²) in [5.74, 6) is 0. The Morgan fingerprint density at radius 1 is 1.30 bits per heavy atom. The van der Waals surface area contributed by atoms with E-state index in [1.165, 1.54) is 17.4 Å². The Bertz CT molecular complexity index is 862. The maximum atomic E-state index is 12.6. The SMILES string of the molecule is Cc1cc([N+](=O)[O-])cc(S(=O)(=O)NC(C)c2ccc(Cl)s2)c1C. The molecule has 1 N–H and O–H groups in total. The van der Waals surface area contributed by atoms with E-state index in [1.54, 1.807) is 32.9 Å². The third-order valence-corrected chi connectivity index (χ3v) is 6.54. The molecule has 0 fully saturated rings. The van der Waals surface area contributed by atoms with Gasteiger partial charge in [-0.15, -0.1) is 11.3 Å². The molecule has 0 aliphatic rings. The van der Waals surface area contributed by atoms with Crippen LogP contribution in [0.1, 0.15) is 29.0 Å². The average Bonchev–Trinajstić information content (AvgIpc) is 2.87. The van der Waals surface area contributed by atoms with Gasteiger partial charge in [0.15, 0.2) is 0 Å². The molecule has 0 saturated carbocycles. The van der Waals surface area contributed by atoms with Gasteiger partial charge in [-0.2, -0.15) is 0 Å². The predicted molar refractivity (Wildman–Crippen MR) is 90.6 cm³/mol. The highest BCUT2D eigenvalue weighted by atomic mass is 35.5. The van der Waals surface area contributed by atoms with Crippen LogP contribution in [-0.4, -0.2) is 13.3 Å². The van der Waals surface area contributed by atoms with Crippen LogP contribution in [-0.2, 0) is 10.0 Å². The van der Waals surface area contributed by atoms with E-state index in [0.717, 1.165) is 10.9 Å². The molecule has 0 aliphatic heterocycles. The first kappa shape index (κ1) is 17.9. The molecule has 1 heterocycles. The molecule has 1 atom stereocenters. The third-order valence-electron chi connectivity index (χ3n) is 3.46. The van der Waals surface area contributed by atoms with Crippen molar-refractivity contribution in [2.45, 2.75) is 31.7 Å². The van der Waals surface area contributed by atoms with Crippen molar-refractivity contribution in [3.05, 3.63) is 54.7 Å². The summed E-state index contributed by atoms with van der Waals surface area (Å²) in [4.78, 5) is 11.0. The molecule has 124 valence electrons. The van der Waals surface area contributed by atoms with Gasteiger partial charge in [0, 0.05) is 17.0 Å². The Morgan fingerprint density at radius 2 is 1.96 bits per heavy atom. The number of sulfonamides is 1. The van der Waals surface area contributed by atoms with E-state index in [-0.39, 0.29) is 10.6 Å². The lowest BCUT2D eigenvalue weighted by Gasteiger charge is -2.15. The minimum atomic E-state index is -3.90. The molecule has 0 saturated heterocycles. The number of hydrogen-bond acceptors (Lipinski definition) is 5. The first-order chi connectivity index (χ1) is 10.6. The second-order valence-corrected chi connectivity index (χ2v) is 8.56. The standard InChI is InChI=1S/C14H15ClN2O4S2/c1-8-6-11(17(18)19)7-13(9(8)2)23(20,21)16-10(3)12-4-5-14(15)22-12/h4-7,10,16H,1-3H3. The Kier molecular flexibility index (Phi) is 5.10. The number of halogens is 1. The number of benzene rings is 1. The molecule has 0 bridgehead atoms. The maximum Gasteiger partial charge on any atom is 0.271 e. The van der Waals surface area contributed by atoms with Gasteiger partial charge in [0.25, 0.3) is 5.69 Å². The van der Waals surface area contributed by atoms with Crippen LogP contribution in [0.5, 0.6) is 0 Å². The van der Waals surface area contributed by atoms with Crippen LogP contribution < -0.4 is 4.72 Å². The van der Waals surface area contributed by atoms with Crippen molar-refractivity contribution >= 4 is 38.6 Å². The summed E-state index contributed by atoms with van der Waals surface area (Å²) in [5.41, 5.74) is 0.784. The molecule has 0 spiro atoms. The van der Waals surface area contributed by atoms with Gasteiger partial charge >= 0.3 is 0 Å². The van der Waals surface area contributed by atoms with Crippen LogP contribution >= 0.6 is 22.9 Å². The molecule has 1 aromatic carbocycles. The summed E-state index contributed by atoms with van der Waals surface area (Å²) in [6.45, 7) is 4.96. The topological polar surface area (TPSA) is 89.3 Å². The van der Waals surface area contributed by atoms with Gasteiger partial charge in [0.05, 0.1) is 20.2 Å². The predicted octanol–water partition coefficient (Wildman–Crippen LogP) is 3.97. The highest BCUT2D eigenvalue weighted by molar-refractivity contribution is 7.89. The van der Waals surface area contributed by atoms with Crippen molar-refractivity contribution in [3.8, 4) is 0 Å². The van der Waals surface area contributed by atoms with E-state index in [9.17, 15) is 18.5 Å². The first-order valence-electron chi connectivity index (χ1n) is 6.65. The van der Waals surface area contributed by atoms with Crippen molar-refractivity contribution < 1.29 is 13.3 Å². The van der Waals surface area contributed by atoms with Crippen molar-refractivity contribution in [2.24, 2.45) is 0 Å². The average molecular weight is 375 g/mol. The number of nitrogens with one attached hydrogen (secondary N) is 1. The molecule has 6 nitrogen and oxygen atoms in total. The van der Waals surface area contributed by atoms with Crippen LogP contribution in [0.15, 0.2) is 29.2 Å². The third kappa shape index (κ3) is 3.89. The van der Waals surface area contributed by atoms with Gasteiger partial charge in [0.2, 0.25) is 10.0 Å². The maximum absolute atomic E-state index is 12.6. The van der Waals surface area contributed by atoms with Crippen LogP contribution in [0.2, 0.25) is 4.34 Å². The van der Waals surface area contributed by atoms with Gasteiger partial charge < -0.3 is 0 Å². The number of nitrogens with zero attached hydrogens (tertiary/aromatic N) is 1. The first-order valence-corrected chi connectivity index (χ1v) is 9.33. The normalized spacial score (nSPS) is 13.0. The summed E-state index contributed by atoms with van der Waals surface area (Å²) in [5, 5.41) is 11.0. The molecular weight excluding hydrogens is 360 g/mol. The van der Waals surface area contributed by atoms with Crippen molar-refractivity contribution in [1.29, 1.82) is 0 Å². The Labute approximate surface area is 143 Å². The van der Waals surface area contributed by atoms with Crippen LogP contribution in [0, 0.1) is 24.0 Å². The monoisotopic (exact) mass is 374 g/mol. The second kappa shape index (κ2) is 6.56. The van der Waals surface area contributed by atoms with Crippen LogP contribution in [0.4, 0.5) is 5.69 Å². The lowest BCUT2D eigenvalue weighted by atomic mass is 10.1. The fraction of sp³-hybridized carbons (Fsp3) is 0.286. The highest BCUT2D eigenvalue weighted by Crippen LogP contribution is 2.30. The second-order valence-electron chi connectivity index (χ2n) is 5.13. The minimum absolute atomic E-state index is 0.0845. The molecule has 1 aromatic heterocycles.